The lowest BCUT2D eigenvalue weighted by molar-refractivity contribution is -0.140. The number of halogens is 1. The summed E-state index contributed by atoms with van der Waals surface area (Å²) in [5.41, 5.74) is 1.91. The highest BCUT2D eigenvalue weighted by molar-refractivity contribution is 7.91. The second-order valence-electron chi connectivity index (χ2n) is 9.18. The highest BCUT2D eigenvalue weighted by Crippen LogP contribution is 2.26. The summed E-state index contributed by atoms with van der Waals surface area (Å²) in [6, 6.07) is 13.1. The van der Waals surface area contributed by atoms with E-state index in [1.165, 1.54) is 12.1 Å². The molecule has 0 aromatic heterocycles. The zero-order valence-corrected chi connectivity index (χ0v) is 19.3. The first-order chi connectivity index (χ1) is 14.4. The SMILES string of the molecule is CC(Oc1ccc(C(C)(C)C)cc1)C(=O)N(Cc1ccc(F)cc1)C1CCS(=O)(=O)C1. The Morgan fingerprint density at radius 2 is 1.74 bits per heavy atom. The molecule has 2 unspecified atom stereocenters. The van der Waals surface area contributed by atoms with Crippen molar-refractivity contribution >= 4 is 15.7 Å². The zero-order chi connectivity index (χ0) is 22.8. The molecule has 0 saturated carbocycles. The van der Waals surface area contributed by atoms with Crippen LogP contribution in [-0.4, -0.2) is 42.9 Å². The van der Waals surface area contributed by atoms with E-state index in [1.807, 2.05) is 24.3 Å². The third kappa shape index (κ3) is 6.06. The Morgan fingerprint density at radius 3 is 2.26 bits per heavy atom. The quantitative estimate of drug-likeness (QED) is 0.669. The molecule has 5 nitrogen and oxygen atoms in total. The monoisotopic (exact) mass is 447 g/mol. The van der Waals surface area contributed by atoms with Crippen molar-refractivity contribution in [2.45, 2.75) is 58.2 Å². The van der Waals surface area contributed by atoms with Gasteiger partial charge in [-0.1, -0.05) is 45.0 Å². The van der Waals surface area contributed by atoms with Gasteiger partial charge in [0.2, 0.25) is 0 Å². The number of carbonyl (C=O) groups excluding carboxylic acids is 1. The van der Waals surface area contributed by atoms with Crippen LogP contribution in [0.1, 0.15) is 45.2 Å². The Labute approximate surface area is 184 Å². The van der Waals surface area contributed by atoms with E-state index in [0.29, 0.717) is 12.2 Å². The Morgan fingerprint density at radius 1 is 1.13 bits per heavy atom. The van der Waals surface area contributed by atoms with E-state index < -0.39 is 22.0 Å². The molecular weight excluding hydrogens is 417 g/mol. The van der Waals surface area contributed by atoms with E-state index in [0.717, 1.165) is 11.1 Å². The van der Waals surface area contributed by atoms with Crippen molar-refractivity contribution in [3.05, 3.63) is 65.5 Å². The van der Waals surface area contributed by atoms with Gasteiger partial charge in [-0.15, -0.1) is 0 Å². The molecule has 1 fully saturated rings. The molecule has 0 N–H and O–H groups in total. The fraction of sp³-hybridized carbons (Fsp3) is 0.458. The molecule has 1 heterocycles. The molecule has 1 aliphatic heterocycles. The molecule has 2 atom stereocenters. The van der Waals surface area contributed by atoms with Gasteiger partial charge in [0.25, 0.3) is 5.91 Å². The number of sulfone groups is 1. The molecule has 2 aromatic rings. The zero-order valence-electron chi connectivity index (χ0n) is 18.5. The molecule has 1 amide bonds. The van der Waals surface area contributed by atoms with Gasteiger partial charge >= 0.3 is 0 Å². The molecule has 0 spiro atoms. The van der Waals surface area contributed by atoms with Gasteiger partial charge in [0.05, 0.1) is 11.5 Å². The van der Waals surface area contributed by atoms with E-state index in [9.17, 15) is 17.6 Å². The van der Waals surface area contributed by atoms with Crippen molar-refractivity contribution in [2.75, 3.05) is 11.5 Å². The van der Waals surface area contributed by atoms with E-state index in [1.54, 1.807) is 24.0 Å². The summed E-state index contributed by atoms with van der Waals surface area (Å²) in [4.78, 5) is 14.8. The minimum Gasteiger partial charge on any atom is -0.481 e. The average Bonchev–Trinajstić information content (AvgIpc) is 3.06. The highest BCUT2D eigenvalue weighted by atomic mass is 32.2. The maximum Gasteiger partial charge on any atom is 0.263 e. The van der Waals surface area contributed by atoms with Crippen LogP contribution in [0.25, 0.3) is 0 Å². The third-order valence-corrected chi connectivity index (χ3v) is 7.33. The fourth-order valence-electron chi connectivity index (χ4n) is 3.72. The first kappa shape index (κ1) is 23.3. The van der Waals surface area contributed by atoms with Crippen molar-refractivity contribution < 1.29 is 22.3 Å². The van der Waals surface area contributed by atoms with Crippen molar-refractivity contribution in [3.8, 4) is 5.75 Å². The Balaban J connectivity index is 1.77. The van der Waals surface area contributed by atoms with Crippen LogP contribution in [0, 0.1) is 5.82 Å². The fourth-order valence-corrected chi connectivity index (χ4v) is 5.45. The third-order valence-electron chi connectivity index (χ3n) is 5.58. The summed E-state index contributed by atoms with van der Waals surface area (Å²) in [7, 11) is -3.17. The molecule has 0 aliphatic carbocycles. The van der Waals surface area contributed by atoms with E-state index in [-0.39, 0.29) is 35.2 Å². The van der Waals surface area contributed by atoms with Crippen LogP contribution >= 0.6 is 0 Å². The number of benzene rings is 2. The Hall–Kier alpha value is -2.41. The average molecular weight is 448 g/mol. The molecule has 168 valence electrons. The van der Waals surface area contributed by atoms with Crippen molar-refractivity contribution in [1.29, 1.82) is 0 Å². The predicted molar refractivity (Wildman–Crippen MR) is 119 cm³/mol. The van der Waals surface area contributed by atoms with Gasteiger partial charge in [-0.25, -0.2) is 12.8 Å². The van der Waals surface area contributed by atoms with Crippen LogP contribution in [0.5, 0.6) is 5.75 Å². The molecular formula is C24H30FNO4S. The number of rotatable bonds is 6. The Bertz CT molecular complexity index is 1010. The van der Waals surface area contributed by atoms with Crippen molar-refractivity contribution in [1.82, 2.24) is 4.90 Å². The number of hydrogen-bond donors (Lipinski definition) is 0. The van der Waals surface area contributed by atoms with Gasteiger partial charge in [-0.05, 0) is 54.2 Å². The lowest BCUT2D eigenvalue weighted by Crippen LogP contribution is -2.46. The molecule has 31 heavy (non-hydrogen) atoms. The molecule has 1 aliphatic rings. The summed E-state index contributed by atoms with van der Waals surface area (Å²) >= 11 is 0. The first-order valence-electron chi connectivity index (χ1n) is 10.5. The van der Waals surface area contributed by atoms with Crippen LogP contribution in [-0.2, 0) is 26.6 Å². The van der Waals surface area contributed by atoms with Crippen molar-refractivity contribution in [3.63, 3.8) is 0 Å². The summed E-state index contributed by atoms with van der Waals surface area (Å²) in [5.74, 6) is -0.0668. The van der Waals surface area contributed by atoms with Gasteiger partial charge in [0, 0.05) is 12.6 Å². The molecule has 0 bridgehead atoms. The largest absolute Gasteiger partial charge is 0.481 e. The lowest BCUT2D eigenvalue weighted by atomic mass is 9.87. The van der Waals surface area contributed by atoms with Gasteiger partial charge in [-0.2, -0.15) is 0 Å². The molecule has 2 aromatic carbocycles. The molecule has 0 radical (unpaired) electrons. The van der Waals surface area contributed by atoms with Gasteiger partial charge in [0.15, 0.2) is 15.9 Å². The minimum absolute atomic E-state index is 0.0138. The number of hydrogen-bond acceptors (Lipinski definition) is 4. The summed E-state index contributed by atoms with van der Waals surface area (Å²) < 4.78 is 43.2. The van der Waals surface area contributed by atoms with Crippen molar-refractivity contribution in [2.24, 2.45) is 0 Å². The predicted octanol–water partition coefficient (Wildman–Crippen LogP) is 4.11. The van der Waals surface area contributed by atoms with Crippen LogP contribution in [0.2, 0.25) is 0 Å². The van der Waals surface area contributed by atoms with Gasteiger partial charge in [0.1, 0.15) is 11.6 Å². The standard InChI is InChI=1S/C24H30FNO4S/c1-17(30-22-11-7-19(8-12-22)24(2,3)4)23(27)26(21-13-14-31(28,29)16-21)15-18-5-9-20(25)10-6-18/h5-12,17,21H,13-16H2,1-4H3. The second kappa shape index (κ2) is 8.99. The minimum atomic E-state index is -3.17. The van der Waals surface area contributed by atoms with E-state index in [2.05, 4.69) is 20.8 Å². The number of carbonyl (C=O) groups is 1. The second-order valence-corrected chi connectivity index (χ2v) is 11.4. The summed E-state index contributed by atoms with van der Waals surface area (Å²) in [6.07, 6.45) is -0.397. The Kier molecular flexibility index (Phi) is 6.74. The smallest absolute Gasteiger partial charge is 0.263 e. The van der Waals surface area contributed by atoms with E-state index >= 15 is 0 Å². The van der Waals surface area contributed by atoms with Gasteiger partial charge in [-0.3, -0.25) is 4.79 Å². The number of ether oxygens (including phenoxy) is 1. The van der Waals surface area contributed by atoms with E-state index in [4.69, 9.17) is 4.74 Å². The normalized spacial score (nSPS) is 19.1. The lowest BCUT2D eigenvalue weighted by Gasteiger charge is -2.31. The summed E-state index contributed by atoms with van der Waals surface area (Å²) in [6.45, 7) is 8.24. The van der Waals surface area contributed by atoms with Crippen LogP contribution in [0.4, 0.5) is 4.39 Å². The summed E-state index contributed by atoms with van der Waals surface area (Å²) in [5, 5.41) is 0. The number of nitrogens with zero attached hydrogens (tertiary/aromatic N) is 1. The van der Waals surface area contributed by atoms with Crippen LogP contribution < -0.4 is 4.74 Å². The number of amides is 1. The maximum absolute atomic E-state index is 13.3. The van der Waals surface area contributed by atoms with Crippen LogP contribution in [0.15, 0.2) is 48.5 Å². The maximum atomic E-state index is 13.3. The first-order valence-corrected chi connectivity index (χ1v) is 12.3. The molecule has 3 rings (SSSR count). The topological polar surface area (TPSA) is 63.7 Å². The van der Waals surface area contributed by atoms with Crippen LogP contribution in [0.3, 0.4) is 0 Å². The highest BCUT2D eigenvalue weighted by Gasteiger charge is 2.36. The molecule has 1 saturated heterocycles. The van der Waals surface area contributed by atoms with Gasteiger partial charge < -0.3 is 9.64 Å². The molecule has 7 heteroatoms.